The molecule has 0 bridgehead atoms. The molecule has 12 heavy (non-hydrogen) atoms. The summed E-state index contributed by atoms with van der Waals surface area (Å²) in [5, 5.41) is 0. The van der Waals surface area contributed by atoms with Crippen LogP contribution in [0.15, 0.2) is 24.5 Å². The van der Waals surface area contributed by atoms with E-state index in [2.05, 4.69) is 24.9 Å². The molecule has 1 rings (SSSR count). The maximum absolute atomic E-state index is 5.63. The van der Waals surface area contributed by atoms with Crippen LogP contribution in [-0.2, 0) is 6.42 Å². The van der Waals surface area contributed by atoms with Crippen LogP contribution in [0.5, 0.6) is 0 Å². The summed E-state index contributed by atoms with van der Waals surface area (Å²) in [7, 11) is 0. The van der Waals surface area contributed by atoms with Crippen molar-refractivity contribution in [1.29, 1.82) is 0 Å². The van der Waals surface area contributed by atoms with Crippen molar-refractivity contribution in [2.45, 2.75) is 20.3 Å². The van der Waals surface area contributed by atoms with E-state index in [9.17, 15) is 0 Å². The Morgan fingerprint density at radius 3 is 2.75 bits per heavy atom. The van der Waals surface area contributed by atoms with E-state index in [4.69, 9.17) is 5.73 Å². The Bertz CT molecular complexity index is 229. The van der Waals surface area contributed by atoms with Gasteiger partial charge in [-0.3, -0.25) is 4.98 Å². The lowest BCUT2D eigenvalue weighted by molar-refractivity contribution is 0.376. The van der Waals surface area contributed by atoms with E-state index >= 15 is 0 Å². The molecule has 0 radical (unpaired) electrons. The second-order valence-corrected chi connectivity index (χ2v) is 3.91. The highest BCUT2D eigenvalue weighted by Gasteiger charge is 2.15. The van der Waals surface area contributed by atoms with Gasteiger partial charge in [0.2, 0.25) is 0 Å². The number of nitrogens with zero attached hydrogens (tertiary/aromatic N) is 1. The lowest BCUT2D eigenvalue weighted by atomic mass is 9.86. The second-order valence-electron chi connectivity index (χ2n) is 3.91. The zero-order valence-corrected chi connectivity index (χ0v) is 7.75. The zero-order chi connectivity index (χ0) is 9.03. The van der Waals surface area contributed by atoms with Crippen molar-refractivity contribution in [2.75, 3.05) is 6.54 Å². The lowest BCUT2D eigenvalue weighted by Crippen LogP contribution is -2.25. The number of hydrogen-bond donors (Lipinski definition) is 1. The van der Waals surface area contributed by atoms with Gasteiger partial charge >= 0.3 is 0 Å². The number of rotatable bonds is 3. The van der Waals surface area contributed by atoms with Gasteiger partial charge in [-0.05, 0) is 30.0 Å². The molecule has 0 aromatic carbocycles. The van der Waals surface area contributed by atoms with Crippen molar-refractivity contribution in [3.63, 3.8) is 0 Å². The summed E-state index contributed by atoms with van der Waals surface area (Å²) in [6, 6.07) is 4.05. The number of pyridine rings is 1. The minimum atomic E-state index is 0.184. The van der Waals surface area contributed by atoms with Crippen molar-refractivity contribution in [1.82, 2.24) is 4.98 Å². The average molecular weight is 164 g/mol. The predicted octanol–water partition coefficient (Wildman–Crippen LogP) is 1.61. The van der Waals surface area contributed by atoms with Crippen molar-refractivity contribution in [3.05, 3.63) is 30.1 Å². The summed E-state index contributed by atoms with van der Waals surface area (Å²) >= 11 is 0. The maximum Gasteiger partial charge on any atom is 0.0300 e. The highest BCUT2D eigenvalue weighted by molar-refractivity contribution is 5.10. The van der Waals surface area contributed by atoms with Crippen LogP contribution in [0.1, 0.15) is 19.4 Å². The van der Waals surface area contributed by atoms with Crippen LogP contribution in [0.2, 0.25) is 0 Å². The largest absolute Gasteiger partial charge is 0.330 e. The summed E-state index contributed by atoms with van der Waals surface area (Å²) in [4.78, 5) is 4.06. The summed E-state index contributed by atoms with van der Waals surface area (Å²) in [6.45, 7) is 5.04. The van der Waals surface area contributed by atoms with E-state index in [1.807, 2.05) is 12.3 Å². The Balaban J connectivity index is 2.64. The molecule has 0 aliphatic heterocycles. The Hall–Kier alpha value is -0.890. The molecule has 0 amide bonds. The van der Waals surface area contributed by atoms with Gasteiger partial charge in [-0.15, -0.1) is 0 Å². The molecule has 0 saturated carbocycles. The molecule has 0 aliphatic rings. The standard InChI is InChI=1S/C10H16N2/c1-10(2,8-11)6-9-4-3-5-12-7-9/h3-5,7H,6,8,11H2,1-2H3. The average Bonchev–Trinajstić information content (AvgIpc) is 2.06. The van der Waals surface area contributed by atoms with E-state index in [-0.39, 0.29) is 5.41 Å². The first kappa shape index (κ1) is 9.20. The van der Waals surface area contributed by atoms with Crippen LogP contribution in [0.4, 0.5) is 0 Å². The van der Waals surface area contributed by atoms with Gasteiger partial charge in [0, 0.05) is 12.4 Å². The molecule has 0 atom stereocenters. The monoisotopic (exact) mass is 164 g/mol. The quantitative estimate of drug-likeness (QED) is 0.737. The Kier molecular flexibility index (Phi) is 2.82. The van der Waals surface area contributed by atoms with Crippen LogP contribution >= 0.6 is 0 Å². The summed E-state index contributed by atoms with van der Waals surface area (Å²) in [6.07, 6.45) is 4.69. The molecule has 0 spiro atoms. The molecule has 2 nitrogen and oxygen atoms in total. The van der Waals surface area contributed by atoms with E-state index in [0.717, 1.165) is 6.42 Å². The smallest absolute Gasteiger partial charge is 0.0300 e. The number of hydrogen-bond acceptors (Lipinski definition) is 2. The molecule has 2 N–H and O–H groups in total. The highest BCUT2D eigenvalue weighted by atomic mass is 14.6. The Morgan fingerprint density at radius 2 is 2.25 bits per heavy atom. The summed E-state index contributed by atoms with van der Waals surface area (Å²) in [5.74, 6) is 0. The van der Waals surface area contributed by atoms with Gasteiger partial charge in [-0.1, -0.05) is 19.9 Å². The van der Waals surface area contributed by atoms with Crippen LogP contribution in [0.3, 0.4) is 0 Å². The molecular weight excluding hydrogens is 148 g/mol. The first-order valence-corrected chi connectivity index (χ1v) is 4.23. The zero-order valence-electron chi connectivity index (χ0n) is 7.75. The first-order valence-electron chi connectivity index (χ1n) is 4.23. The minimum Gasteiger partial charge on any atom is -0.330 e. The van der Waals surface area contributed by atoms with Crippen LogP contribution in [-0.4, -0.2) is 11.5 Å². The van der Waals surface area contributed by atoms with Gasteiger partial charge in [0.15, 0.2) is 0 Å². The fraction of sp³-hybridized carbons (Fsp3) is 0.500. The van der Waals surface area contributed by atoms with Gasteiger partial charge in [0.25, 0.3) is 0 Å². The van der Waals surface area contributed by atoms with Crippen molar-refractivity contribution in [2.24, 2.45) is 11.1 Å². The number of aromatic nitrogens is 1. The molecular formula is C10H16N2. The highest BCUT2D eigenvalue weighted by Crippen LogP contribution is 2.18. The van der Waals surface area contributed by atoms with E-state index in [0.29, 0.717) is 6.54 Å². The van der Waals surface area contributed by atoms with Gasteiger partial charge in [-0.2, -0.15) is 0 Å². The van der Waals surface area contributed by atoms with Crippen molar-refractivity contribution in [3.8, 4) is 0 Å². The molecule has 66 valence electrons. The SMILES string of the molecule is CC(C)(CN)Cc1cccnc1. The first-order chi connectivity index (χ1) is 5.64. The van der Waals surface area contributed by atoms with E-state index < -0.39 is 0 Å². The molecule has 0 unspecified atom stereocenters. The molecule has 0 aliphatic carbocycles. The molecule has 0 saturated heterocycles. The van der Waals surface area contributed by atoms with Crippen molar-refractivity contribution < 1.29 is 0 Å². The second kappa shape index (κ2) is 3.68. The normalized spacial score (nSPS) is 11.6. The Morgan fingerprint density at radius 1 is 1.50 bits per heavy atom. The van der Waals surface area contributed by atoms with Crippen LogP contribution in [0.25, 0.3) is 0 Å². The van der Waals surface area contributed by atoms with Crippen LogP contribution in [0, 0.1) is 5.41 Å². The topological polar surface area (TPSA) is 38.9 Å². The lowest BCUT2D eigenvalue weighted by Gasteiger charge is -2.21. The Labute approximate surface area is 73.8 Å². The van der Waals surface area contributed by atoms with Crippen LogP contribution < -0.4 is 5.73 Å². The fourth-order valence-corrected chi connectivity index (χ4v) is 1.13. The molecule has 0 fully saturated rings. The van der Waals surface area contributed by atoms with Gasteiger partial charge in [0.05, 0.1) is 0 Å². The minimum absolute atomic E-state index is 0.184. The number of nitrogens with two attached hydrogens (primary N) is 1. The van der Waals surface area contributed by atoms with Gasteiger partial charge in [0.1, 0.15) is 0 Å². The van der Waals surface area contributed by atoms with E-state index in [1.54, 1.807) is 6.20 Å². The molecule has 1 aromatic rings. The van der Waals surface area contributed by atoms with Crippen molar-refractivity contribution >= 4 is 0 Å². The summed E-state index contributed by atoms with van der Waals surface area (Å²) < 4.78 is 0. The molecule has 1 aromatic heterocycles. The van der Waals surface area contributed by atoms with E-state index in [1.165, 1.54) is 5.56 Å². The third-order valence-electron chi connectivity index (χ3n) is 1.96. The third-order valence-corrected chi connectivity index (χ3v) is 1.96. The van der Waals surface area contributed by atoms with Gasteiger partial charge in [-0.25, -0.2) is 0 Å². The maximum atomic E-state index is 5.63. The fourth-order valence-electron chi connectivity index (χ4n) is 1.13. The van der Waals surface area contributed by atoms with Gasteiger partial charge < -0.3 is 5.73 Å². The predicted molar refractivity (Wildman–Crippen MR) is 50.8 cm³/mol. The summed E-state index contributed by atoms with van der Waals surface area (Å²) in [5.41, 5.74) is 7.07. The molecule has 1 heterocycles. The third kappa shape index (κ3) is 2.62. The molecule has 2 heteroatoms.